The van der Waals surface area contributed by atoms with Gasteiger partial charge in [0.25, 0.3) is 11.6 Å². The Morgan fingerprint density at radius 2 is 2.32 bits per heavy atom. The zero-order chi connectivity index (χ0) is 13.8. The van der Waals surface area contributed by atoms with Crippen LogP contribution in [0.15, 0.2) is 23.2 Å². The molecule has 0 spiro atoms. The number of carbonyl (C=O) groups excluding carboxylic acids is 1. The molecule has 3 N–H and O–H groups in total. The summed E-state index contributed by atoms with van der Waals surface area (Å²) in [4.78, 5) is 29.6. The number of nitrogens with one attached hydrogen (secondary N) is 1. The summed E-state index contributed by atoms with van der Waals surface area (Å²) in [6.45, 7) is 0.196. The second-order valence-corrected chi connectivity index (χ2v) is 4.26. The molecule has 0 aliphatic rings. The number of nitrogen functional groups attached to an aromatic ring is 1. The number of anilines is 1. The number of aromatic nitrogens is 2. The first-order chi connectivity index (χ1) is 9.08. The highest BCUT2D eigenvalue weighted by molar-refractivity contribution is 7.07. The van der Waals surface area contributed by atoms with Crippen molar-refractivity contribution in [2.24, 2.45) is 0 Å². The summed E-state index contributed by atoms with van der Waals surface area (Å²) in [5, 5.41) is 15.1. The van der Waals surface area contributed by atoms with E-state index in [-0.39, 0.29) is 23.6 Å². The fraction of sp³-hybridized carbons (Fsp3) is 0.100. The van der Waals surface area contributed by atoms with E-state index in [4.69, 9.17) is 5.73 Å². The maximum absolute atomic E-state index is 11.9. The Hall–Kier alpha value is -2.55. The number of pyridine rings is 1. The summed E-state index contributed by atoms with van der Waals surface area (Å²) in [5.74, 6) is -0.543. The van der Waals surface area contributed by atoms with Gasteiger partial charge < -0.3 is 11.1 Å². The molecule has 98 valence electrons. The molecule has 2 heterocycles. The van der Waals surface area contributed by atoms with Gasteiger partial charge in [-0.1, -0.05) is 0 Å². The summed E-state index contributed by atoms with van der Waals surface area (Å²) in [6.07, 6.45) is 0.965. The lowest BCUT2D eigenvalue weighted by atomic mass is 10.2. The Morgan fingerprint density at radius 1 is 1.53 bits per heavy atom. The minimum atomic E-state index is -0.676. The number of hydrogen-bond acceptors (Lipinski definition) is 7. The summed E-state index contributed by atoms with van der Waals surface area (Å²) < 4.78 is 0. The molecule has 2 aromatic rings. The van der Waals surface area contributed by atoms with Crippen LogP contribution in [0.2, 0.25) is 0 Å². The van der Waals surface area contributed by atoms with Crippen LogP contribution in [0.4, 0.5) is 11.5 Å². The third-order valence-corrected chi connectivity index (χ3v) is 2.89. The predicted molar refractivity (Wildman–Crippen MR) is 68.6 cm³/mol. The van der Waals surface area contributed by atoms with Gasteiger partial charge >= 0.3 is 0 Å². The topological polar surface area (TPSA) is 124 Å². The minimum absolute atomic E-state index is 0.0457. The molecular weight excluding hydrogens is 270 g/mol. The van der Waals surface area contributed by atoms with Gasteiger partial charge in [-0.3, -0.25) is 14.9 Å². The van der Waals surface area contributed by atoms with Gasteiger partial charge in [0.15, 0.2) is 0 Å². The molecule has 0 aliphatic heterocycles. The molecule has 0 fully saturated rings. The number of rotatable bonds is 4. The van der Waals surface area contributed by atoms with E-state index in [1.54, 1.807) is 10.9 Å². The molecule has 0 aromatic carbocycles. The molecule has 2 aromatic heterocycles. The van der Waals surface area contributed by atoms with Crippen molar-refractivity contribution < 1.29 is 9.72 Å². The van der Waals surface area contributed by atoms with Crippen LogP contribution in [-0.4, -0.2) is 20.8 Å². The van der Waals surface area contributed by atoms with Gasteiger partial charge in [0.2, 0.25) is 0 Å². The summed E-state index contributed by atoms with van der Waals surface area (Å²) >= 11 is 1.40. The molecule has 0 unspecified atom stereocenters. The van der Waals surface area contributed by atoms with E-state index in [1.807, 2.05) is 0 Å². The van der Waals surface area contributed by atoms with Gasteiger partial charge in [0.05, 0.1) is 22.7 Å². The van der Waals surface area contributed by atoms with Crippen molar-refractivity contribution in [3.8, 4) is 0 Å². The van der Waals surface area contributed by atoms with Crippen LogP contribution in [0.5, 0.6) is 0 Å². The Balaban J connectivity index is 2.18. The number of nitrogens with two attached hydrogens (primary N) is 1. The third-order valence-electron chi connectivity index (χ3n) is 2.26. The average Bonchev–Trinajstić information content (AvgIpc) is 2.88. The lowest BCUT2D eigenvalue weighted by molar-refractivity contribution is -0.385. The normalized spacial score (nSPS) is 10.1. The van der Waals surface area contributed by atoms with Crippen molar-refractivity contribution in [1.29, 1.82) is 0 Å². The van der Waals surface area contributed by atoms with E-state index in [1.165, 1.54) is 17.4 Å². The van der Waals surface area contributed by atoms with Gasteiger partial charge in [-0.15, -0.1) is 11.3 Å². The van der Waals surface area contributed by atoms with Gasteiger partial charge in [-0.05, 0) is 6.07 Å². The first-order valence-corrected chi connectivity index (χ1v) is 6.07. The number of amides is 1. The first kappa shape index (κ1) is 12.9. The van der Waals surface area contributed by atoms with Crippen molar-refractivity contribution in [2.75, 3.05) is 5.73 Å². The van der Waals surface area contributed by atoms with E-state index >= 15 is 0 Å². The molecule has 0 saturated carbocycles. The Labute approximate surface area is 111 Å². The van der Waals surface area contributed by atoms with Crippen molar-refractivity contribution in [3.63, 3.8) is 0 Å². The van der Waals surface area contributed by atoms with Gasteiger partial charge in [-0.2, -0.15) is 0 Å². The van der Waals surface area contributed by atoms with Crippen LogP contribution in [0.3, 0.4) is 0 Å². The highest BCUT2D eigenvalue weighted by Crippen LogP contribution is 2.18. The molecule has 1 amide bonds. The fourth-order valence-electron chi connectivity index (χ4n) is 1.38. The Kier molecular flexibility index (Phi) is 3.66. The number of hydrogen-bond donors (Lipinski definition) is 2. The van der Waals surface area contributed by atoms with Crippen molar-refractivity contribution >= 4 is 28.7 Å². The smallest absolute Gasteiger partial charge is 0.300 e. The van der Waals surface area contributed by atoms with Crippen LogP contribution in [0.1, 0.15) is 16.1 Å². The average molecular weight is 279 g/mol. The third kappa shape index (κ3) is 3.01. The Morgan fingerprint density at radius 3 is 2.95 bits per heavy atom. The molecule has 9 heteroatoms. The summed E-state index contributed by atoms with van der Waals surface area (Å²) in [7, 11) is 0. The number of nitro groups is 1. The van der Waals surface area contributed by atoms with Gasteiger partial charge in [0.1, 0.15) is 17.6 Å². The molecule has 19 heavy (non-hydrogen) atoms. The standard InChI is InChI=1S/C10H9N5O3S/c11-9-1-7(8(3-12-9)15(17)18)10(16)13-2-6-4-19-5-14-6/h1,3-5H,2H2,(H2,11,12)(H,13,16). The quantitative estimate of drug-likeness (QED) is 0.634. The second-order valence-electron chi connectivity index (χ2n) is 3.55. The monoisotopic (exact) mass is 279 g/mol. The van der Waals surface area contributed by atoms with Crippen LogP contribution in [0.25, 0.3) is 0 Å². The molecule has 0 aliphatic carbocycles. The maximum atomic E-state index is 11.9. The summed E-state index contributed by atoms with van der Waals surface area (Å²) in [5.41, 5.74) is 7.25. The molecule has 2 rings (SSSR count). The van der Waals surface area contributed by atoms with Crippen molar-refractivity contribution in [3.05, 3.63) is 44.5 Å². The van der Waals surface area contributed by atoms with E-state index in [9.17, 15) is 14.9 Å². The molecular formula is C10H9N5O3S. The maximum Gasteiger partial charge on any atom is 0.300 e. The van der Waals surface area contributed by atoms with E-state index in [2.05, 4.69) is 15.3 Å². The molecule has 0 radical (unpaired) electrons. The van der Waals surface area contributed by atoms with Crippen LogP contribution in [-0.2, 0) is 6.54 Å². The zero-order valence-corrected chi connectivity index (χ0v) is 10.4. The highest BCUT2D eigenvalue weighted by atomic mass is 32.1. The van der Waals surface area contributed by atoms with Crippen molar-refractivity contribution in [2.45, 2.75) is 6.54 Å². The molecule has 0 bridgehead atoms. The van der Waals surface area contributed by atoms with E-state index in [0.29, 0.717) is 5.69 Å². The number of thiazole rings is 1. The molecule has 0 saturated heterocycles. The lowest BCUT2D eigenvalue weighted by Gasteiger charge is -2.04. The Bertz CT molecular complexity index is 614. The zero-order valence-electron chi connectivity index (χ0n) is 9.57. The van der Waals surface area contributed by atoms with Crippen LogP contribution in [0, 0.1) is 10.1 Å². The van der Waals surface area contributed by atoms with E-state index in [0.717, 1.165) is 6.20 Å². The molecule has 8 nitrogen and oxygen atoms in total. The SMILES string of the molecule is Nc1cc(C(=O)NCc2cscn2)c([N+](=O)[O-])cn1. The second kappa shape index (κ2) is 5.40. The largest absolute Gasteiger partial charge is 0.384 e. The first-order valence-electron chi connectivity index (χ1n) is 5.13. The predicted octanol–water partition coefficient (Wildman–Crippen LogP) is 0.958. The number of nitrogens with zero attached hydrogens (tertiary/aromatic N) is 3. The fourth-order valence-corrected chi connectivity index (χ4v) is 1.94. The van der Waals surface area contributed by atoms with Crippen molar-refractivity contribution in [1.82, 2.24) is 15.3 Å². The van der Waals surface area contributed by atoms with E-state index < -0.39 is 10.8 Å². The lowest BCUT2D eigenvalue weighted by Crippen LogP contribution is -2.24. The summed E-state index contributed by atoms with van der Waals surface area (Å²) in [6, 6.07) is 1.18. The highest BCUT2D eigenvalue weighted by Gasteiger charge is 2.21. The van der Waals surface area contributed by atoms with Crippen LogP contribution >= 0.6 is 11.3 Å². The van der Waals surface area contributed by atoms with Gasteiger partial charge in [0, 0.05) is 5.38 Å². The number of carbonyl (C=O) groups is 1. The minimum Gasteiger partial charge on any atom is -0.384 e. The van der Waals surface area contributed by atoms with Gasteiger partial charge in [-0.25, -0.2) is 9.97 Å². The molecule has 0 atom stereocenters. The van der Waals surface area contributed by atoms with Crippen LogP contribution < -0.4 is 11.1 Å².